The predicted molar refractivity (Wildman–Crippen MR) is 94.8 cm³/mol. The summed E-state index contributed by atoms with van der Waals surface area (Å²) in [6.45, 7) is 1.76. The number of para-hydroxylation sites is 1. The maximum Gasteiger partial charge on any atom is 0.375 e. The van der Waals surface area contributed by atoms with Crippen molar-refractivity contribution < 1.29 is 23.5 Å². The summed E-state index contributed by atoms with van der Waals surface area (Å²) in [7, 11) is 0. The summed E-state index contributed by atoms with van der Waals surface area (Å²) in [5, 5.41) is 2.91. The largest absolute Gasteiger partial charge is 0.486 e. The first-order valence-corrected chi connectivity index (χ1v) is 8.90. The maximum absolute atomic E-state index is 12.1. The van der Waals surface area contributed by atoms with Crippen LogP contribution in [0.1, 0.15) is 48.9 Å². The van der Waals surface area contributed by atoms with Crippen molar-refractivity contribution in [2.45, 2.75) is 51.4 Å². The van der Waals surface area contributed by atoms with Crippen molar-refractivity contribution in [2.75, 3.05) is 0 Å². The molecule has 26 heavy (non-hydrogen) atoms. The molecule has 0 radical (unpaired) electrons. The minimum Gasteiger partial charge on any atom is -0.486 e. The van der Waals surface area contributed by atoms with Gasteiger partial charge in [-0.2, -0.15) is 0 Å². The van der Waals surface area contributed by atoms with E-state index in [0.717, 1.165) is 25.7 Å². The van der Waals surface area contributed by atoms with E-state index in [1.165, 1.54) is 6.07 Å². The number of carbonyl (C=O) groups is 2. The summed E-state index contributed by atoms with van der Waals surface area (Å²) >= 11 is 0. The molecule has 0 spiro atoms. The highest BCUT2D eigenvalue weighted by molar-refractivity contribution is 5.90. The molecule has 1 atom stereocenters. The highest BCUT2D eigenvalue weighted by atomic mass is 16.6. The lowest BCUT2D eigenvalue weighted by Gasteiger charge is -2.16. The summed E-state index contributed by atoms with van der Waals surface area (Å²) < 4.78 is 16.2. The van der Waals surface area contributed by atoms with E-state index in [2.05, 4.69) is 5.32 Å². The molecule has 1 unspecified atom stereocenters. The van der Waals surface area contributed by atoms with Gasteiger partial charge in [0.15, 0.2) is 6.10 Å². The van der Waals surface area contributed by atoms with Crippen molar-refractivity contribution in [1.29, 1.82) is 0 Å². The van der Waals surface area contributed by atoms with E-state index in [9.17, 15) is 9.59 Å². The standard InChI is InChI=1S/C20H23NO5/c1-14(19(22)21-15-7-5-6-8-15)25-20(23)18-12-11-17(26-18)13-24-16-9-3-2-4-10-16/h2-4,9-12,14-15H,5-8,13H2,1H3,(H,21,22). The second-order valence-corrected chi connectivity index (χ2v) is 6.41. The first kappa shape index (κ1) is 18.0. The first-order valence-electron chi connectivity index (χ1n) is 8.90. The average molecular weight is 357 g/mol. The summed E-state index contributed by atoms with van der Waals surface area (Å²) in [4.78, 5) is 24.2. The third-order valence-corrected chi connectivity index (χ3v) is 4.34. The quantitative estimate of drug-likeness (QED) is 0.768. The van der Waals surface area contributed by atoms with Crippen LogP contribution in [0.25, 0.3) is 0 Å². The molecule has 2 aromatic rings. The molecule has 6 heteroatoms. The van der Waals surface area contributed by atoms with Crippen molar-refractivity contribution in [1.82, 2.24) is 5.32 Å². The third kappa shape index (κ3) is 4.88. The minimum atomic E-state index is -0.864. The Kier molecular flexibility index (Phi) is 5.94. The number of hydrogen-bond acceptors (Lipinski definition) is 5. The van der Waals surface area contributed by atoms with Crippen LogP contribution in [0.3, 0.4) is 0 Å². The Labute approximate surface area is 152 Å². The van der Waals surface area contributed by atoms with Gasteiger partial charge in [-0.3, -0.25) is 4.79 Å². The fraction of sp³-hybridized carbons (Fsp3) is 0.400. The number of benzene rings is 1. The molecule has 6 nitrogen and oxygen atoms in total. The fourth-order valence-corrected chi connectivity index (χ4v) is 2.90. The molecular weight excluding hydrogens is 334 g/mol. The van der Waals surface area contributed by atoms with Gasteiger partial charge in [0.1, 0.15) is 18.1 Å². The topological polar surface area (TPSA) is 77.8 Å². The highest BCUT2D eigenvalue weighted by Crippen LogP contribution is 2.18. The van der Waals surface area contributed by atoms with Gasteiger partial charge in [-0.1, -0.05) is 31.0 Å². The number of esters is 1. The Morgan fingerprint density at radius 2 is 1.88 bits per heavy atom. The molecule has 1 heterocycles. The van der Waals surface area contributed by atoms with Gasteiger partial charge in [0.25, 0.3) is 5.91 Å². The summed E-state index contributed by atoms with van der Waals surface area (Å²) in [5.41, 5.74) is 0. The van der Waals surface area contributed by atoms with Gasteiger partial charge in [-0.05, 0) is 44.0 Å². The molecule has 138 valence electrons. The van der Waals surface area contributed by atoms with Crippen LogP contribution in [-0.4, -0.2) is 24.0 Å². The van der Waals surface area contributed by atoms with E-state index >= 15 is 0 Å². The van der Waals surface area contributed by atoms with E-state index in [1.54, 1.807) is 13.0 Å². The molecule has 0 aliphatic heterocycles. The molecule has 0 saturated heterocycles. The molecule has 1 N–H and O–H groups in total. The van der Waals surface area contributed by atoms with E-state index in [0.29, 0.717) is 11.5 Å². The predicted octanol–water partition coefficient (Wildman–Crippen LogP) is 3.46. The highest BCUT2D eigenvalue weighted by Gasteiger charge is 2.24. The molecule has 1 amide bonds. The SMILES string of the molecule is CC(OC(=O)c1ccc(COc2ccccc2)o1)C(=O)NC1CCCC1. The lowest BCUT2D eigenvalue weighted by atomic mass is 10.2. The zero-order valence-corrected chi connectivity index (χ0v) is 14.8. The number of hydrogen-bond donors (Lipinski definition) is 1. The lowest BCUT2D eigenvalue weighted by molar-refractivity contribution is -0.129. The number of furan rings is 1. The number of ether oxygens (including phenoxy) is 2. The number of amides is 1. The van der Waals surface area contributed by atoms with Gasteiger partial charge in [-0.15, -0.1) is 0 Å². The average Bonchev–Trinajstić information content (AvgIpc) is 3.32. The van der Waals surface area contributed by atoms with Gasteiger partial charge in [0.2, 0.25) is 5.76 Å². The fourth-order valence-electron chi connectivity index (χ4n) is 2.90. The minimum absolute atomic E-state index is 0.0529. The Hall–Kier alpha value is -2.76. The summed E-state index contributed by atoms with van der Waals surface area (Å²) in [5.74, 6) is 0.334. The zero-order valence-electron chi connectivity index (χ0n) is 14.8. The molecule has 1 fully saturated rings. The number of rotatable bonds is 7. The van der Waals surface area contributed by atoms with Gasteiger partial charge in [0.05, 0.1) is 0 Å². The van der Waals surface area contributed by atoms with Crippen molar-refractivity contribution in [3.63, 3.8) is 0 Å². The Morgan fingerprint density at radius 1 is 1.15 bits per heavy atom. The number of carbonyl (C=O) groups excluding carboxylic acids is 2. The van der Waals surface area contributed by atoms with E-state index in [1.807, 2.05) is 30.3 Å². The molecule has 1 aliphatic rings. The number of nitrogens with one attached hydrogen (secondary N) is 1. The second-order valence-electron chi connectivity index (χ2n) is 6.41. The van der Waals surface area contributed by atoms with E-state index < -0.39 is 12.1 Å². The maximum atomic E-state index is 12.1. The van der Waals surface area contributed by atoms with Crippen LogP contribution < -0.4 is 10.1 Å². The molecule has 1 aromatic carbocycles. The van der Waals surface area contributed by atoms with E-state index in [4.69, 9.17) is 13.9 Å². The Morgan fingerprint density at radius 3 is 2.62 bits per heavy atom. The van der Waals surface area contributed by atoms with Gasteiger partial charge < -0.3 is 19.2 Å². The molecule has 1 aliphatic carbocycles. The molecule has 0 bridgehead atoms. The van der Waals surface area contributed by atoms with Crippen LogP contribution in [0.2, 0.25) is 0 Å². The normalized spacial score (nSPS) is 15.4. The monoisotopic (exact) mass is 357 g/mol. The van der Waals surface area contributed by atoms with Crippen LogP contribution in [0, 0.1) is 0 Å². The van der Waals surface area contributed by atoms with Crippen LogP contribution in [0.4, 0.5) is 0 Å². The van der Waals surface area contributed by atoms with Crippen molar-refractivity contribution in [3.05, 3.63) is 54.0 Å². The van der Waals surface area contributed by atoms with Crippen LogP contribution in [-0.2, 0) is 16.1 Å². The summed E-state index contributed by atoms with van der Waals surface area (Å²) in [6.07, 6.45) is 3.35. The lowest BCUT2D eigenvalue weighted by Crippen LogP contribution is -2.40. The second kappa shape index (κ2) is 8.56. The van der Waals surface area contributed by atoms with Gasteiger partial charge >= 0.3 is 5.97 Å². The third-order valence-electron chi connectivity index (χ3n) is 4.34. The Bertz CT molecular complexity index is 734. The van der Waals surface area contributed by atoms with Crippen LogP contribution in [0.5, 0.6) is 5.75 Å². The molecule has 1 aromatic heterocycles. The first-order chi connectivity index (χ1) is 12.6. The van der Waals surface area contributed by atoms with Gasteiger partial charge in [-0.25, -0.2) is 4.79 Å². The zero-order chi connectivity index (χ0) is 18.4. The van der Waals surface area contributed by atoms with Crippen molar-refractivity contribution >= 4 is 11.9 Å². The molecular formula is C20H23NO5. The summed E-state index contributed by atoms with van der Waals surface area (Å²) in [6, 6.07) is 12.7. The van der Waals surface area contributed by atoms with Crippen molar-refractivity contribution in [3.8, 4) is 5.75 Å². The van der Waals surface area contributed by atoms with Crippen LogP contribution in [0.15, 0.2) is 46.9 Å². The molecule has 3 rings (SSSR count). The smallest absolute Gasteiger partial charge is 0.375 e. The molecule has 1 saturated carbocycles. The van der Waals surface area contributed by atoms with Crippen molar-refractivity contribution in [2.24, 2.45) is 0 Å². The van der Waals surface area contributed by atoms with Crippen LogP contribution >= 0.6 is 0 Å². The van der Waals surface area contributed by atoms with E-state index in [-0.39, 0.29) is 24.3 Å². The Balaban J connectivity index is 1.48. The van der Waals surface area contributed by atoms with Gasteiger partial charge in [0, 0.05) is 6.04 Å².